The first-order chi connectivity index (χ1) is 13.4. The van der Waals surface area contributed by atoms with Crippen LogP contribution in [0.15, 0.2) is 65.7 Å². The minimum absolute atomic E-state index is 0.149. The second kappa shape index (κ2) is 7.05. The van der Waals surface area contributed by atoms with Crippen molar-refractivity contribution in [1.82, 2.24) is 14.2 Å². The Morgan fingerprint density at radius 3 is 2.54 bits per heavy atom. The van der Waals surface area contributed by atoms with E-state index in [0.717, 1.165) is 22.3 Å². The highest BCUT2D eigenvalue weighted by atomic mass is 19.1. The van der Waals surface area contributed by atoms with E-state index in [2.05, 4.69) is 5.10 Å². The van der Waals surface area contributed by atoms with Gasteiger partial charge < -0.3 is 9.67 Å². The first-order valence-electron chi connectivity index (χ1n) is 9.02. The molecule has 2 aromatic heterocycles. The molecule has 1 atom stereocenters. The molecule has 0 saturated heterocycles. The van der Waals surface area contributed by atoms with Crippen LogP contribution >= 0.6 is 0 Å². The van der Waals surface area contributed by atoms with E-state index in [1.54, 1.807) is 30.6 Å². The van der Waals surface area contributed by atoms with Gasteiger partial charge in [0.2, 0.25) is 0 Å². The minimum Gasteiger partial charge on any atom is -0.387 e. The molecular weight excluding hydrogens is 357 g/mol. The van der Waals surface area contributed by atoms with Gasteiger partial charge in [-0.1, -0.05) is 23.8 Å². The number of aromatic nitrogens is 3. The van der Waals surface area contributed by atoms with E-state index >= 15 is 0 Å². The molecule has 142 valence electrons. The Morgan fingerprint density at radius 2 is 1.82 bits per heavy atom. The van der Waals surface area contributed by atoms with Crippen LogP contribution in [0.1, 0.15) is 22.8 Å². The number of halogens is 1. The monoisotopic (exact) mass is 377 g/mol. The number of hydrogen-bond acceptors (Lipinski definition) is 3. The fraction of sp³-hybridized carbons (Fsp3) is 0.182. The molecule has 0 radical (unpaired) electrons. The number of hydrogen-bond donors (Lipinski definition) is 1. The highest BCUT2D eigenvalue weighted by molar-refractivity contribution is 5.65. The van der Waals surface area contributed by atoms with E-state index in [4.69, 9.17) is 0 Å². The normalized spacial score (nSPS) is 12.4. The van der Waals surface area contributed by atoms with Crippen LogP contribution in [0.25, 0.3) is 16.8 Å². The molecule has 6 heteroatoms. The fourth-order valence-corrected chi connectivity index (χ4v) is 3.42. The summed E-state index contributed by atoms with van der Waals surface area (Å²) in [4.78, 5) is 12.9. The average Bonchev–Trinajstić information content (AvgIpc) is 3.09. The van der Waals surface area contributed by atoms with Crippen molar-refractivity contribution in [3.8, 4) is 11.3 Å². The molecule has 2 aromatic carbocycles. The van der Waals surface area contributed by atoms with Gasteiger partial charge in [0.05, 0.1) is 18.3 Å². The van der Waals surface area contributed by atoms with Crippen molar-refractivity contribution in [1.29, 1.82) is 0 Å². The Balaban J connectivity index is 1.68. The molecule has 28 heavy (non-hydrogen) atoms. The zero-order valence-corrected chi connectivity index (χ0v) is 15.6. The molecule has 1 N–H and O–H groups in total. The summed E-state index contributed by atoms with van der Waals surface area (Å²) in [5, 5.41) is 15.0. The van der Waals surface area contributed by atoms with Gasteiger partial charge in [0.15, 0.2) is 0 Å². The summed E-state index contributed by atoms with van der Waals surface area (Å²) in [5.41, 5.74) is 4.39. The highest BCUT2D eigenvalue weighted by Crippen LogP contribution is 2.21. The van der Waals surface area contributed by atoms with Crippen molar-refractivity contribution < 1.29 is 9.50 Å². The number of fused-ring (bicyclic) bond motifs is 1. The molecule has 0 unspecified atom stereocenters. The molecule has 2 heterocycles. The van der Waals surface area contributed by atoms with Gasteiger partial charge >= 0.3 is 0 Å². The van der Waals surface area contributed by atoms with Gasteiger partial charge in [0, 0.05) is 18.0 Å². The van der Waals surface area contributed by atoms with Crippen molar-refractivity contribution in [3.05, 3.63) is 93.8 Å². The quantitative estimate of drug-likeness (QED) is 0.591. The summed E-state index contributed by atoms with van der Waals surface area (Å²) in [6, 6.07) is 13.5. The highest BCUT2D eigenvalue weighted by Gasteiger charge is 2.14. The maximum absolute atomic E-state index is 13.1. The minimum atomic E-state index is -0.791. The average molecular weight is 377 g/mol. The van der Waals surface area contributed by atoms with Gasteiger partial charge in [0.25, 0.3) is 5.56 Å². The van der Waals surface area contributed by atoms with Crippen molar-refractivity contribution >= 4 is 5.52 Å². The van der Waals surface area contributed by atoms with Crippen molar-refractivity contribution in [2.75, 3.05) is 0 Å². The van der Waals surface area contributed by atoms with Crippen LogP contribution in [0.2, 0.25) is 0 Å². The second-order valence-electron chi connectivity index (χ2n) is 7.00. The molecule has 0 saturated carbocycles. The molecular formula is C22H20FN3O2. The summed E-state index contributed by atoms with van der Waals surface area (Å²) >= 11 is 0. The zero-order valence-electron chi connectivity index (χ0n) is 15.6. The lowest BCUT2D eigenvalue weighted by atomic mass is 10.0. The van der Waals surface area contributed by atoms with Gasteiger partial charge in [-0.05, 0) is 55.3 Å². The smallest absolute Gasteiger partial charge is 0.276 e. The molecule has 0 fully saturated rings. The number of benzene rings is 2. The number of aliphatic hydroxyl groups excluding tert-OH is 1. The van der Waals surface area contributed by atoms with Crippen LogP contribution in [0.4, 0.5) is 4.39 Å². The number of aliphatic hydroxyl groups is 1. The first kappa shape index (κ1) is 18.1. The Bertz CT molecular complexity index is 1210. The van der Waals surface area contributed by atoms with Gasteiger partial charge in [0.1, 0.15) is 11.3 Å². The fourth-order valence-electron chi connectivity index (χ4n) is 3.42. The predicted octanol–water partition coefficient (Wildman–Crippen LogP) is 3.65. The third-order valence-corrected chi connectivity index (χ3v) is 4.90. The summed E-state index contributed by atoms with van der Waals surface area (Å²) < 4.78 is 16.1. The van der Waals surface area contributed by atoms with E-state index in [1.807, 2.05) is 32.0 Å². The van der Waals surface area contributed by atoms with Gasteiger partial charge in [-0.25, -0.2) is 8.91 Å². The SMILES string of the molecule is Cc1ccc([C@@H](O)Cn2ccn3nc(-c4ccc(F)cc4)cc3c2=O)c(C)c1. The maximum atomic E-state index is 13.1. The van der Waals surface area contributed by atoms with Crippen LogP contribution in [0, 0.1) is 19.7 Å². The van der Waals surface area contributed by atoms with Crippen LogP contribution < -0.4 is 5.56 Å². The number of nitrogens with zero attached hydrogens (tertiary/aromatic N) is 3. The molecule has 0 aliphatic rings. The van der Waals surface area contributed by atoms with Gasteiger partial charge in [-0.2, -0.15) is 5.10 Å². The Kier molecular flexibility index (Phi) is 4.57. The van der Waals surface area contributed by atoms with Gasteiger partial charge in [-0.3, -0.25) is 4.79 Å². The molecule has 4 rings (SSSR count). The number of rotatable bonds is 4. The Morgan fingerprint density at radius 1 is 1.07 bits per heavy atom. The van der Waals surface area contributed by atoms with Crippen molar-refractivity contribution in [3.63, 3.8) is 0 Å². The van der Waals surface area contributed by atoms with E-state index in [9.17, 15) is 14.3 Å². The molecule has 5 nitrogen and oxygen atoms in total. The Hall–Kier alpha value is -3.25. The lowest BCUT2D eigenvalue weighted by molar-refractivity contribution is 0.154. The Labute approximate surface area is 161 Å². The summed E-state index contributed by atoms with van der Waals surface area (Å²) in [6.07, 6.45) is 2.50. The van der Waals surface area contributed by atoms with Crippen LogP contribution in [0.3, 0.4) is 0 Å². The number of aryl methyl sites for hydroxylation is 2. The topological polar surface area (TPSA) is 59.5 Å². The third kappa shape index (κ3) is 3.34. The van der Waals surface area contributed by atoms with Crippen LogP contribution in [-0.4, -0.2) is 19.3 Å². The van der Waals surface area contributed by atoms with E-state index in [-0.39, 0.29) is 17.9 Å². The van der Waals surface area contributed by atoms with E-state index in [0.29, 0.717) is 11.2 Å². The summed E-state index contributed by atoms with van der Waals surface area (Å²) in [5.74, 6) is -0.324. The van der Waals surface area contributed by atoms with Gasteiger partial charge in [-0.15, -0.1) is 0 Å². The molecule has 4 aromatic rings. The van der Waals surface area contributed by atoms with Crippen molar-refractivity contribution in [2.45, 2.75) is 26.5 Å². The third-order valence-electron chi connectivity index (χ3n) is 4.90. The lowest BCUT2D eigenvalue weighted by Gasteiger charge is -2.16. The van der Waals surface area contributed by atoms with Crippen LogP contribution in [-0.2, 0) is 6.54 Å². The molecule has 0 amide bonds. The molecule has 0 aliphatic carbocycles. The second-order valence-corrected chi connectivity index (χ2v) is 7.00. The zero-order chi connectivity index (χ0) is 19.8. The first-order valence-corrected chi connectivity index (χ1v) is 9.02. The lowest BCUT2D eigenvalue weighted by Crippen LogP contribution is -2.24. The van der Waals surface area contributed by atoms with E-state index in [1.165, 1.54) is 21.2 Å². The van der Waals surface area contributed by atoms with Crippen LogP contribution in [0.5, 0.6) is 0 Å². The standard InChI is InChI=1S/C22H20FN3O2/c1-14-3-8-18(15(2)11-14)21(27)13-25-9-10-26-20(22(25)28)12-19(24-26)16-4-6-17(23)7-5-16/h3-12,21,27H,13H2,1-2H3/t21-/m0/s1. The van der Waals surface area contributed by atoms with E-state index < -0.39 is 6.10 Å². The summed E-state index contributed by atoms with van der Waals surface area (Å²) in [7, 11) is 0. The molecule has 0 aliphatic heterocycles. The van der Waals surface area contributed by atoms with Crippen molar-refractivity contribution in [2.24, 2.45) is 0 Å². The molecule has 0 spiro atoms. The summed E-state index contributed by atoms with van der Waals surface area (Å²) in [6.45, 7) is 4.10. The largest absolute Gasteiger partial charge is 0.387 e. The predicted molar refractivity (Wildman–Crippen MR) is 106 cm³/mol. The molecule has 0 bridgehead atoms. The maximum Gasteiger partial charge on any atom is 0.276 e.